The van der Waals surface area contributed by atoms with Gasteiger partial charge in [0.15, 0.2) is 5.82 Å². The number of nitrogens with one attached hydrogen (secondary N) is 1. The van der Waals surface area contributed by atoms with Gasteiger partial charge in [-0.3, -0.25) is 0 Å². The first-order chi connectivity index (χ1) is 8.13. The number of hydrogen-bond acceptors (Lipinski definition) is 5. The van der Waals surface area contributed by atoms with Crippen molar-refractivity contribution in [3.05, 3.63) is 17.8 Å². The fraction of sp³-hybridized carbons (Fsp3) is 0.667. The molecule has 17 heavy (non-hydrogen) atoms. The van der Waals surface area contributed by atoms with Gasteiger partial charge in [-0.1, -0.05) is 13.8 Å². The zero-order valence-corrected chi connectivity index (χ0v) is 11.1. The summed E-state index contributed by atoms with van der Waals surface area (Å²) in [7, 11) is 3.68. The lowest BCUT2D eigenvalue weighted by atomic mass is 10.3. The van der Waals surface area contributed by atoms with Gasteiger partial charge in [-0.15, -0.1) is 5.10 Å². The number of aromatic nitrogens is 2. The van der Waals surface area contributed by atoms with E-state index in [0.29, 0.717) is 12.6 Å². The molecule has 96 valence electrons. The lowest BCUT2D eigenvalue weighted by Gasteiger charge is -2.17. The maximum atomic E-state index is 5.02. The minimum atomic E-state index is 0.459. The Labute approximate surface area is 103 Å². The average molecular weight is 238 g/mol. The Morgan fingerprint density at radius 3 is 2.65 bits per heavy atom. The molecular formula is C12H22N4O. The van der Waals surface area contributed by atoms with Crippen LogP contribution in [0.25, 0.3) is 0 Å². The van der Waals surface area contributed by atoms with Crippen molar-refractivity contribution in [2.75, 3.05) is 32.2 Å². The van der Waals surface area contributed by atoms with Crippen molar-refractivity contribution in [1.82, 2.24) is 15.5 Å². The van der Waals surface area contributed by atoms with Crippen LogP contribution in [0, 0.1) is 0 Å². The topological polar surface area (TPSA) is 50.3 Å². The van der Waals surface area contributed by atoms with E-state index >= 15 is 0 Å². The molecule has 0 aliphatic rings. The molecule has 0 saturated heterocycles. The van der Waals surface area contributed by atoms with E-state index in [1.165, 1.54) is 0 Å². The van der Waals surface area contributed by atoms with Gasteiger partial charge in [0.05, 0.1) is 12.3 Å². The predicted octanol–water partition coefficient (Wildman–Crippen LogP) is 1.06. The van der Waals surface area contributed by atoms with E-state index in [-0.39, 0.29) is 0 Å². The fourth-order valence-corrected chi connectivity index (χ4v) is 1.30. The molecule has 5 heteroatoms. The van der Waals surface area contributed by atoms with E-state index in [1.807, 2.05) is 24.1 Å². The molecular weight excluding hydrogens is 216 g/mol. The summed E-state index contributed by atoms with van der Waals surface area (Å²) in [6.45, 7) is 6.48. The SMILES string of the molecule is COCCN(C)c1ccc(CNC(C)C)nn1. The zero-order valence-electron chi connectivity index (χ0n) is 11.1. The number of ether oxygens (including phenoxy) is 1. The van der Waals surface area contributed by atoms with Crippen molar-refractivity contribution in [3.63, 3.8) is 0 Å². The number of nitrogens with zero attached hydrogens (tertiary/aromatic N) is 3. The number of likely N-dealkylation sites (N-methyl/N-ethyl adjacent to an activating group) is 1. The van der Waals surface area contributed by atoms with Gasteiger partial charge >= 0.3 is 0 Å². The van der Waals surface area contributed by atoms with E-state index in [0.717, 1.165) is 24.6 Å². The standard InChI is InChI=1S/C12H22N4O/c1-10(2)13-9-11-5-6-12(15-14-11)16(3)7-8-17-4/h5-6,10,13H,7-9H2,1-4H3. The zero-order chi connectivity index (χ0) is 12.7. The van der Waals surface area contributed by atoms with Crippen LogP contribution in [0.2, 0.25) is 0 Å². The van der Waals surface area contributed by atoms with Gasteiger partial charge in [0, 0.05) is 33.3 Å². The first-order valence-electron chi connectivity index (χ1n) is 5.89. The van der Waals surface area contributed by atoms with Crippen LogP contribution in [-0.4, -0.2) is 43.5 Å². The van der Waals surface area contributed by atoms with E-state index in [2.05, 4.69) is 29.4 Å². The Kier molecular flexibility index (Phi) is 5.86. The lowest BCUT2D eigenvalue weighted by Crippen LogP contribution is -2.25. The molecule has 0 aliphatic carbocycles. The van der Waals surface area contributed by atoms with Crippen LogP contribution in [0.15, 0.2) is 12.1 Å². The van der Waals surface area contributed by atoms with Gasteiger partial charge < -0.3 is 15.0 Å². The molecule has 1 aromatic rings. The summed E-state index contributed by atoms with van der Waals surface area (Å²) in [4.78, 5) is 2.02. The Bertz CT molecular complexity index is 313. The molecule has 1 rings (SSSR count). The molecule has 0 amide bonds. The smallest absolute Gasteiger partial charge is 0.151 e. The molecule has 0 aliphatic heterocycles. The fourth-order valence-electron chi connectivity index (χ4n) is 1.30. The molecule has 1 N–H and O–H groups in total. The lowest BCUT2D eigenvalue weighted by molar-refractivity contribution is 0.206. The van der Waals surface area contributed by atoms with Crippen molar-refractivity contribution in [2.24, 2.45) is 0 Å². The highest BCUT2D eigenvalue weighted by molar-refractivity contribution is 5.35. The highest BCUT2D eigenvalue weighted by Gasteiger charge is 2.03. The largest absolute Gasteiger partial charge is 0.383 e. The van der Waals surface area contributed by atoms with Gasteiger partial charge in [-0.25, -0.2) is 0 Å². The molecule has 0 bridgehead atoms. The summed E-state index contributed by atoms with van der Waals surface area (Å²) in [6, 6.07) is 4.45. The second-order valence-corrected chi connectivity index (χ2v) is 4.33. The number of anilines is 1. The first kappa shape index (κ1) is 13.9. The average Bonchev–Trinajstić information content (AvgIpc) is 2.34. The predicted molar refractivity (Wildman–Crippen MR) is 69.2 cm³/mol. The molecule has 0 spiro atoms. The van der Waals surface area contributed by atoms with Crippen molar-refractivity contribution in [2.45, 2.75) is 26.4 Å². The second kappa shape index (κ2) is 7.19. The van der Waals surface area contributed by atoms with Gasteiger partial charge in [-0.2, -0.15) is 5.10 Å². The summed E-state index contributed by atoms with van der Waals surface area (Å²) in [5.74, 6) is 0.871. The van der Waals surface area contributed by atoms with Crippen LogP contribution in [0.5, 0.6) is 0 Å². The van der Waals surface area contributed by atoms with Gasteiger partial charge in [0.1, 0.15) is 0 Å². The van der Waals surface area contributed by atoms with Crippen LogP contribution in [0.3, 0.4) is 0 Å². The van der Waals surface area contributed by atoms with Crippen molar-refractivity contribution in [1.29, 1.82) is 0 Å². The third kappa shape index (κ3) is 5.10. The Morgan fingerprint density at radius 2 is 2.12 bits per heavy atom. The van der Waals surface area contributed by atoms with E-state index in [4.69, 9.17) is 4.74 Å². The van der Waals surface area contributed by atoms with Crippen LogP contribution >= 0.6 is 0 Å². The first-order valence-corrected chi connectivity index (χ1v) is 5.89. The highest BCUT2D eigenvalue weighted by atomic mass is 16.5. The quantitative estimate of drug-likeness (QED) is 0.769. The third-order valence-electron chi connectivity index (χ3n) is 2.42. The van der Waals surface area contributed by atoms with Gasteiger partial charge in [0.25, 0.3) is 0 Å². The number of hydrogen-bond donors (Lipinski definition) is 1. The monoisotopic (exact) mass is 238 g/mol. The molecule has 0 saturated carbocycles. The third-order valence-corrected chi connectivity index (χ3v) is 2.42. The van der Waals surface area contributed by atoms with Crippen LogP contribution in [0.1, 0.15) is 19.5 Å². The second-order valence-electron chi connectivity index (χ2n) is 4.33. The number of rotatable bonds is 7. The summed E-state index contributed by atoms with van der Waals surface area (Å²) in [5.41, 5.74) is 0.961. The van der Waals surface area contributed by atoms with E-state index < -0.39 is 0 Å². The minimum absolute atomic E-state index is 0.459. The molecule has 5 nitrogen and oxygen atoms in total. The molecule has 0 radical (unpaired) electrons. The summed E-state index contributed by atoms with van der Waals surface area (Å²) < 4.78 is 5.02. The molecule has 0 fully saturated rings. The molecule has 1 aromatic heterocycles. The summed E-state index contributed by atoms with van der Waals surface area (Å²) in [6.07, 6.45) is 0. The normalized spacial score (nSPS) is 10.9. The van der Waals surface area contributed by atoms with Gasteiger partial charge in [-0.05, 0) is 12.1 Å². The molecule has 0 atom stereocenters. The molecule has 0 aromatic carbocycles. The Morgan fingerprint density at radius 1 is 1.35 bits per heavy atom. The Balaban J connectivity index is 2.49. The Hall–Kier alpha value is -1.20. The highest BCUT2D eigenvalue weighted by Crippen LogP contribution is 2.06. The summed E-state index contributed by atoms with van der Waals surface area (Å²) in [5, 5.41) is 11.7. The van der Waals surface area contributed by atoms with E-state index in [9.17, 15) is 0 Å². The van der Waals surface area contributed by atoms with Crippen molar-refractivity contribution in [3.8, 4) is 0 Å². The van der Waals surface area contributed by atoms with Crippen molar-refractivity contribution >= 4 is 5.82 Å². The minimum Gasteiger partial charge on any atom is -0.383 e. The maximum absolute atomic E-state index is 5.02. The summed E-state index contributed by atoms with van der Waals surface area (Å²) >= 11 is 0. The number of methoxy groups -OCH3 is 1. The van der Waals surface area contributed by atoms with Crippen LogP contribution in [0.4, 0.5) is 5.82 Å². The van der Waals surface area contributed by atoms with Crippen LogP contribution in [-0.2, 0) is 11.3 Å². The van der Waals surface area contributed by atoms with Gasteiger partial charge in [0.2, 0.25) is 0 Å². The maximum Gasteiger partial charge on any atom is 0.151 e. The van der Waals surface area contributed by atoms with Crippen molar-refractivity contribution < 1.29 is 4.74 Å². The van der Waals surface area contributed by atoms with Crippen LogP contribution < -0.4 is 10.2 Å². The molecule has 1 heterocycles. The molecule has 0 unspecified atom stereocenters. The van der Waals surface area contributed by atoms with E-state index in [1.54, 1.807) is 7.11 Å².